The molecule has 0 saturated heterocycles. The first-order valence-electron chi connectivity index (χ1n) is 11.6. The van der Waals surface area contributed by atoms with Crippen molar-refractivity contribution in [2.75, 3.05) is 6.61 Å². The Labute approximate surface area is 189 Å². The van der Waals surface area contributed by atoms with Gasteiger partial charge in [-0.3, -0.25) is 0 Å². The number of hydrogen-bond acceptors (Lipinski definition) is 1. The van der Waals surface area contributed by atoms with Crippen molar-refractivity contribution in [3.05, 3.63) is 101 Å². The van der Waals surface area contributed by atoms with Crippen molar-refractivity contribution in [2.24, 2.45) is 11.8 Å². The minimum Gasteiger partial charge on any atom is -0.493 e. The predicted molar refractivity (Wildman–Crippen MR) is 133 cm³/mol. The summed E-state index contributed by atoms with van der Waals surface area (Å²) in [5.41, 5.74) is 5.98. The summed E-state index contributed by atoms with van der Waals surface area (Å²) in [5, 5.41) is 0. The van der Waals surface area contributed by atoms with Crippen molar-refractivity contribution in [1.82, 2.24) is 0 Å². The number of para-hydroxylation sites is 1. The molecule has 0 radical (unpaired) electrons. The first-order chi connectivity index (χ1) is 14.8. The van der Waals surface area contributed by atoms with Crippen molar-refractivity contribution in [3.63, 3.8) is 0 Å². The van der Waals surface area contributed by atoms with Crippen LogP contribution in [0.2, 0.25) is 0 Å². The summed E-state index contributed by atoms with van der Waals surface area (Å²) < 4.78 is 6.07. The van der Waals surface area contributed by atoms with Gasteiger partial charge in [-0.2, -0.15) is 0 Å². The van der Waals surface area contributed by atoms with Gasteiger partial charge in [-0.05, 0) is 77.8 Å². The first-order valence-corrected chi connectivity index (χ1v) is 11.6. The molecule has 0 bridgehead atoms. The fourth-order valence-corrected chi connectivity index (χ4v) is 4.52. The van der Waals surface area contributed by atoms with Gasteiger partial charge in [-0.1, -0.05) is 94.4 Å². The second-order valence-electron chi connectivity index (χ2n) is 10.1. The molecule has 164 valence electrons. The average Bonchev–Trinajstić information content (AvgIpc) is 2.74. The Morgan fingerprint density at radius 3 is 2.00 bits per heavy atom. The second kappa shape index (κ2) is 10.7. The van der Waals surface area contributed by atoms with Crippen LogP contribution in [0.3, 0.4) is 0 Å². The van der Waals surface area contributed by atoms with E-state index in [-0.39, 0.29) is 5.41 Å². The van der Waals surface area contributed by atoms with Gasteiger partial charge in [-0.25, -0.2) is 0 Å². The summed E-state index contributed by atoms with van der Waals surface area (Å²) in [4.78, 5) is 0. The van der Waals surface area contributed by atoms with Crippen LogP contribution in [0, 0.1) is 18.8 Å². The standard InChI is InChI=1S/C30H38O/c1-23(22-31-28-16-7-6-8-17-28)19-25(20-26-14-10-9-13-24(26)2)21-27-15-11-12-18-29(27)30(3,4)5/h6-18,23,25H,19-22H2,1-5H3. The van der Waals surface area contributed by atoms with Gasteiger partial charge in [-0.15, -0.1) is 0 Å². The summed E-state index contributed by atoms with van der Waals surface area (Å²) in [6.45, 7) is 12.3. The van der Waals surface area contributed by atoms with Gasteiger partial charge < -0.3 is 4.74 Å². The maximum atomic E-state index is 6.07. The van der Waals surface area contributed by atoms with E-state index < -0.39 is 0 Å². The fraction of sp³-hybridized carbons (Fsp3) is 0.400. The van der Waals surface area contributed by atoms with Gasteiger partial charge in [0.2, 0.25) is 0 Å². The molecule has 0 aliphatic rings. The van der Waals surface area contributed by atoms with E-state index in [1.807, 2.05) is 30.3 Å². The zero-order valence-electron chi connectivity index (χ0n) is 19.9. The molecule has 0 aliphatic heterocycles. The molecule has 0 heterocycles. The predicted octanol–water partition coefficient (Wildman–Crippen LogP) is 7.80. The van der Waals surface area contributed by atoms with Crippen LogP contribution in [0.25, 0.3) is 0 Å². The molecule has 3 rings (SSSR count). The van der Waals surface area contributed by atoms with Crippen molar-refractivity contribution >= 4 is 0 Å². The highest BCUT2D eigenvalue weighted by Gasteiger charge is 2.22. The number of hydrogen-bond donors (Lipinski definition) is 0. The third-order valence-corrected chi connectivity index (χ3v) is 6.12. The molecule has 31 heavy (non-hydrogen) atoms. The summed E-state index contributed by atoms with van der Waals surface area (Å²) >= 11 is 0. The van der Waals surface area contributed by atoms with Crippen LogP contribution in [-0.4, -0.2) is 6.61 Å². The van der Waals surface area contributed by atoms with Gasteiger partial charge >= 0.3 is 0 Å². The zero-order valence-corrected chi connectivity index (χ0v) is 19.9. The number of rotatable bonds is 9. The summed E-state index contributed by atoms with van der Waals surface area (Å²) in [6, 6.07) is 28.0. The van der Waals surface area contributed by atoms with Crippen LogP contribution < -0.4 is 4.74 Å². The lowest BCUT2D eigenvalue weighted by Gasteiger charge is -2.27. The van der Waals surface area contributed by atoms with E-state index in [0.29, 0.717) is 11.8 Å². The topological polar surface area (TPSA) is 9.23 Å². The Balaban J connectivity index is 1.76. The highest BCUT2D eigenvalue weighted by molar-refractivity contribution is 5.34. The summed E-state index contributed by atoms with van der Waals surface area (Å²) in [6.07, 6.45) is 3.37. The van der Waals surface area contributed by atoms with Gasteiger partial charge in [0, 0.05) is 0 Å². The van der Waals surface area contributed by atoms with Crippen LogP contribution >= 0.6 is 0 Å². The molecule has 1 heteroatoms. The molecular formula is C30H38O. The van der Waals surface area contributed by atoms with Crippen LogP contribution in [0.4, 0.5) is 0 Å². The lowest BCUT2D eigenvalue weighted by molar-refractivity contribution is 0.230. The molecule has 3 aromatic rings. The van der Waals surface area contributed by atoms with E-state index in [1.165, 1.54) is 22.3 Å². The molecule has 0 aliphatic carbocycles. The molecule has 1 nitrogen and oxygen atoms in total. The van der Waals surface area contributed by atoms with E-state index in [2.05, 4.69) is 83.1 Å². The Bertz CT molecular complexity index is 936. The molecule has 0 fully saturated rings. The highest BCUT2D eigenvalue weighted by Crippen LogP contribution is 2.30. The molecule has 0 N–H and O–H groups in total. The van der Waals surface area contributed by atoms with Gasteiger partial charge in [0.05, 0.1) is 6.61 Å². The minimum absolute atomic E-state index is 0.159. The van der Waals surface area contributed by atoms with E-state index in [4.69, 9.17) is 4.74 Å². The molecule has 2 atom stereocenters. The molecule has 0 amide bonds. The lowest BCUT2D eigenvalue weighted by atomic mass is 9.78. The fourth-order valence-electron chi connectivity index (χ4n) is 4.52. The highest BCUT2D eigenvalue weighted by atomic mass is 16.5. The zero-order chi connectivity index (χ0) is 22.3. The molecular weight excluding hydrogens is 376 g/mol. The van der Waals surface area contributed by atoms with Crippen molar-refractivity contribution < 1.29 is 4.74 Å². The monoisotopic (exact) mass is 414 g/mol. The maximum Gasteiger partial charge on any atom is 0.119 e. The van der Waals surface area contributed by atoms with E-state index in [9.17, 15) is 0 Å². The van der Waals surface area contributed by atoms with Crippen LogP contribution in [-0.2, 0) is 18.3 Å². The molecule has 0 saturated carbocycles. The lowest BCUT2D eigenvalue weighted by Crippen LogP contribution is -2.20. The number of benzene rings is 3. The van der Waals surface area contributed by atoms with Crippen molar-refractivity contribution in [3.8, 4) is 5.75 Å². The number of ether oxygens (including phenoxy) is 1. The minimum atomic E-state index is 0.159. The third kappa shape index (κ3) is 6.99. The van der Waals surface area contributed by atoms with Crippen LogP contribution in [0.5, 0.6) is 5.75 Å². The largest absolute Gasteiger partial charge is 0.493 e. The smallest absolute Gasteiger partial charge is 0.119 e. The summed E-state index contributed by atoms with van der Waals surface area (Å²) in [7, 11) is 0. The maximum absolute atomic E-state index is 6.07. The van der Waals surface area contributed by atoms with E-state index >= 15 is 0 Å². The van der Waals surface area contributed by atoms with Gasteiger partial charge in [0.25, 0.3) is 0 Å². The Morgan fingerprint density at radius 2 is 1.32 bits per heavy atom. The van der Waals surface area contributed by atoms with Crippen LogP contribution in [0.15, 0.2) is 78.9 Å². The van der Waals surface area contributed by atoms with Crippen LogP contribution in [0.1, 0.15) is 56.4 Å². The molecule has 2 unspecified atom stereocenters. The SMILES string of the molecule is Cc1ccccc1CC(Cc1ccccc1C(C)(C)C)CC(C)COc1ccccc1. The van der Waals surface area contributed by atoms with Crippen molar-refractivity contribution in [2.45, 2.75) is 59.3 Å². The van der Waals surface area contributed by atoms with Gasteiger partial charge in [0.15, 0.2) is 0 Å². The Morgan fingerprint density at radius 1 is 0.742 bits per heavy atom. The van der Waals surface area contributed by atoms with E-state index in [0.717, 1.165) is 31.6 Å². The van der Waals surface area contributed by atoms with Crippen molar-refractivity contribution in [1.29, 1.82) is 0 Å². The number of aryl methyl sites for hydroxylation is 1. The Kier molecular flexibility index (Phi) is 7.96. The van der Waals surface area contributed by atoms with Gasteiger partial charge in [0.1, 0.15) is 5.75 Å². The molecule has 3 aromatic carbocycles. The Hall–Kier alpha value is -2.54. The first kappa shape index (κ1) is 23.1. The summed E-state index contributed by atoms with van der Waals surface area (Å²) in [5.74, 6) is 2.04. The quantitative estimate of drug-likeness (QED) is 0.347. The van der Waals surface area contributed by atoms with E-state index in [1.54, 1.807) is 0 Å². The third-order valence-electron chi connectivity index (χ3n) is 6.12. The average molecular weight is 415 g/mol. The molecule has 0 spiro atoms. The normalized spacial score (nSPS) is 13.6. The molecule has 0 aromatic heterocycles. The second-order valence-corrected chi connectivity index (χ2v) is 10.1.